The quantitative estimate of drug-likeness (QED) is 0.839. The van der Waals surface area contributed by atoms with Crippen LogP contribution in [0.4, 0.5) is 0 Å². The van der Waals surface area contributed by atoms with Crippen LogP contribution in [0.5, 0.6) is 0 Å². The maximum absolute atomic E-state index is 10.7. The van der Waals surface area contributed by atoms with Crippen molar-refractivity contribution in [3.63, 3.8) is 0 Å². The molecule has 22 heavy (non-hydrogen) atoms. The molecule has 0 aliphatic carbocycles. The molecule has 3 N–H and O–H groups in total. The minimum atomic E-state index is -1.15. The molecule has 0 heterocycles. The van der Waals surface area contributed by atoms with E-state index in [1.807, 2.05) is 0 Å². The van der Waals surface area contributed by atoms with Gasteiger partial charge in [-0.15, -0.1) is 0 Å². The van der Waals surface area contributed by atoms with E-state index in [1.165, 1.54) is 18.2 Å². The van der Waals surface area contributed by atoms with Crippen LogP contribution in [0.1, 0.15) is 31.1 Å². The molecule has 0 aliphatic heterocycles. The van der Waals surface area contributed by atoms with Crippen LogP contribution >= 0.6 is 23.2 Å². The van der Waals surface area contributed by atoms with Crippen LogP contribution in [-0.4, -0.2) is 22.2 Å². The first-order valence-corrected chi connectivity index (χ1v) is 6.66. The third-order valence-corrected chi connectivity index (χ3v) is 3.04. The molecule has 1 amide bonds. The van der Waals surface area contributed by atoms with Gasteiger partial charge in [-0.1, -0.05) is 35.9 Å². The van der Waals surface area contributed by atoms with Crippen LogP contribution in [0, 0.1) is 0 Å². The Morgan fingerprint density at radius 2 is 1.32 bits per heavy atom. The van der Waals surface area contributed by atoms with Gasteiger partial charge < -0.3 is 10.8 Å². The normalized spacial score (nSPS) is 9.36. The molecular formula is C15H11Cl2NO4. The highest BCUT2D eigenvalue weighted by molar-refractivity contribution is 6.68. The molecule has 2 aromatic rings. The number of amides is 1. The van der Waals surface area contributed by atoms with Crippen LogP contribution in [0.25, 0.3) is 0 Å². The number of carbonyl (C=O) groups excluding carboxylic acids is 2. The lowest BCUT2D eigenvalue weighted by molar-refractivity contribution is 0.0692. The van der Waals surface area contributed by atoms with E-state index in [0.29, 0.717) is 10.6 Å². The van der Waals surface area contributed by atoms with E-state index >= 15 is 0 Å². The third kappa shape index (κ3) is 4.87. The topological polar surface area (TPSA) is 97.5 Å². The summed E-state index contributed by atoms with van der Waals surface area (Å²) in [5.74, 6) is -1.88. The number of benzene rings is 2. The lowest BCUT2D eigenvalue weighted by Gasteiger charge is -1.99. The molecule has 5 nitrogen and oxygen atoms in total. The number of carboxylic acid groups (broad SMARTS) is 1. The van der Waals surface area contributed by atoms with Gasteiger partial charge in [0.2, 0.25) is 5.91 Å². The van der Waals surface area contributed by atoms with Crippen molar-refractivity contribution >= 4 is 40.3 Å². The Hall–Kier alpha value is -2.37. The molecule has 2 aromatic carbocycles. The lowest BCUT2D eigenvalue weighted by atomic mass is 10.1. The van der Waals surface area contributed by atoms with Crippen LogP contribution in [0.3, 0.4) is 0 Å². The van der Waals surface area contributed by atoms with E-state index < -0.39 is 17.1 Å². The molecule has 0 fully saturated rings. The molecule has 0 radical (unpaired) electrons. The number of halogens is 2. The molecule has 0 aliphatic rings. The van der Waals surface area contributed by atoms with E-state index in [-0.39, 0.29) is 11.1 Å². The summed E-state index contributed by atoms with van der Waals surface area (Å²) in [6.45, 7) is 0. The molecule has 0 saturated heterocycles. The Kier molecular flexibility index (Phi) is 6.56. The van der Waals surface area contributed by atoms with Gasteiger partial charge in [-0.05, 0) is 35.9 Å². The molecule has 0 spiro atoms. The molecule has 114 valence electrons. The molecule has 0 saturated carbocycles. The first kappa shape index (κ1) is 17.7. The fourth-order valence-corrected chi connectivity index (χ4v) is 1.94. The zero-order valence-corrected chi connectivity index (χ0v) is 12.6. The SMILES string of the molecule is NC(=O)c1ccccc1C(=O)O.O=C(Cl)c1ccccc1Cl. The second kappa shape index (κ2) is 8.17. The molecule has 0 unspecified atom stereocenters. The summed E-state index contributed by atoms with van der Waals surface area (Å²) < 4.78 is 0. The van der Waals surface area contributed by atoms with Gasteiger partial charge in [0.25, 0.3) is 5.24 Å². The smallest absolute Gasteiger partial charge is 0.336 e. The third-order valence-electron chi connectivity index (χ3n) is 2.51. The van der Waals surface area contributed by atoms with Crippen LogP contribution < -0.4 is 5.73 Å². The van der Waals surface area contributed by atoms with Crippen molar-refractivity contribution in [2.24, 2.45) is 5.73 Å². The number of carboxylic acids is 1. The van der Waals surface area contributed by atoms with Gasteiger partial charge in [0, 0.05) is 0 Å². The van der Waals surface area contributed by atoms with Gasteiger partial charge in [0.1, 0.15) is 0 Å². The van der Waals surface area contributed by atoms with Gasteiger partial charge in [0.05, 0.1) is 21.7 Å². The maximum Gasteiger partial charge on any atom is 0.336 e. The largest absolute Gasteiger partial charge is 0.478 e. The minimum absolute atomic E-state index is 0.0324. The lowest BCUT2D eigenvalue weighted by Crippen LogP contribution is -2.15. The Morgan fingerprint density at radius 1 is 0.864 bits per heavy atom. The molecular weight excluding hydrogens is 329 g/mol. The summed E-state index contributed by atoms with van der Waals surface area (Å²) in [6, 6.07) is 12.5. The Morgan fingerprint density at radius 3 is 1.64 bits per heavy atom. The van der Waals surface area contributed by atoms with E-state index in [9.17, 15) is 14.4 Å². The second-order valence-electron chi connectivity index (χ2n) is 3.97. The maximum atomic E-state index is 10.7. The van der Waals surface area contributed by atoms with Crippen molar-refractivity contribution in [3.8, 4) is 0 Å². The van der Waals surface area contributed by atoms with Crippen molar-refractivity contribution in [2.45, 2.75) is 0 Å². The predicted octanol–water partition coefficient (Wildman–Crippen LogP) is 3.20. The summed E-state index contributed by atoms with van der Waals surface area (Å²) >= 11 is 10.8. The number of hydrogen-bond donors (Lipinski definition) is 2. The Balaban J connectivity index is 0.000000224. The van der Waals surface area contributed by atoms with Crippen molar-refractivity contribution in [1.29, 1.82) is 0 Å². The molecule has 7 heteroatoms. The monoisotopic (exact) mass is 339 g/mol. The Labute approximate surface area is 136 Å². The number of rotatable bonds is 3. The molecule has 0 bridgehead atoms. The first-order chi connectivity index (χ1) is 10.3. The van der Waals surface area contributed by atoms with Crippen LogP contribution in [0.2, 0.25) is 5.02 Å². The average Bonchev–Trinajstić information content (AvgIpc) is 2.48. The van der Waals surface area contributed by atoms with Crippen LogP contribution in [0.15, 0.2) is 48.5 Å². The number of carbonyl (C=O) groups is 3. The Bertz CT molecular complexity index is 683. The fraction of sp³-hybridized carbons (Fsp3) is 0. The van der Waals surface area contributed by atoms with E-state index in [4.69, 9.17) is 34.0 Å². The van der Waals surface area contributed by atoms with Crippen molar-refractivity contribution in [2.75, 3.05) is 0 Å². The fourth-order valence-electron chi connectivity index (χ4n) is 1.51. The van der Waals surface area contributed by atoms with Crippen molar-refractivity contribution in [3.05, 3.63) is 70.2 Å². The second-order valence-corrected chi connectivity index (χ2v) is 4.72. The first-order valence-electron chi connectivity index (χ1n) is 5.91. The predicted molar refractivity (Wildman–Crippen MR) is 83.6 cm³/mol. The zero-order chi connectivity index (χ0) is 16.7. The number of nitrogens with two attached hydrogens (primary N) is 1. The average molecular weight is 340 g/mol. The van der Waals surface area contributed by atoms with Crippen molar-refractivity contribution < 1.29 is 19.5 Å². The highest BCUT2D eigenvalue weighted by atomic mass is 35.5. The van der Waals surface area contributed by atoms with Crippen molar-refractivity contribution in [1.82, 2.24) is 0 Å². The van der Waals surface area contributed by atoms with Gasteiger partial charge in [-0.3, -0.25) is 9.59 Å². The minimum Gasteiger partial charge on any atom is -0.478 e. The van der Waals surface area contributed by atoms with Gasteiger partial charge in [-0.2, -0.15) is 0 Å². The summed E-state index contributed by atoms with van der Waals surface area (Å²) in [4.78, 5) is 31.8. The number of aromatic carboxylic acids is 1. The number of hydrogen-bond acceptors (Lipinski definition) is 3. The number of primary amides is 1. The molecule has 2 rings (SSSR count). The van der Waals surface area contributed by atoms with Gasteiger partial charge in [0.15, 0.2) is 0 Å². The van der Waals surface area contributed by atoms with Crippen LogP contribution in [-0.2, 0) is 0 Å². The molecule has 0 atom stereocenters. The standard InChI is InChI=1S/C8H7NO3.C7H4Cl2O/c9-7(10)5-3-1-2-4-6(5)8(11)12;8-6-4-2-1-3-5(6)7(9)10/h1-4H,(H2,9,10)(H,11,12);1-4H. The highest BCUT2D eigenvalue weighted by Crippen LogP contribution is 2.16. The van der Waals surface area contributed by atoms with Gasteiger partial charge in [-0.25, -0.2) is 4.79 Å². The molecule has 0 aromatic heterocycles. The van der Waals surface area contributed by atoms with Gasteiger partial charge >= 0.3 is 5.97 Å². The summed E-state index contributed by atoms with van der Waals surface area (Å²) in [5, 5.41) is 8.48. The highest BCUT2D eigenvalue weighted by Gasteiger charge is 2.12. The summed E-state index contributed by atoms with van der Waals surface area (Å²) in [6.07, 6.45) is 0. The van der Waals surface area contributed by atoms with E-state index in [2.05, 4.69) is 0 Å². The van der Waals surface area contributed by atoms with E-state index in [1.54, 1.807) is 30.3 Å². The summed E-state index contributed by atoms with van der Waals surface area (Å²) in [7, 11) is 0. The summed E-state index contributed by atoms with van der Waals surface area (Å²) in [5.41, 5.74) is 5.27. The zero-order valence-electron chi connectivity index (χ0n) is 11.1. The van der Waals surface area contributed by atoms with E-state index in [0.717, 1.165) is 0 Å².